The molecule has 96 valence electrons. The van der Waals surface area contributed by atoms with E-state index < -0.39 is 0 Å². The van der Waals surface area contributed by atoms with E-state index in [1.807, 2.05) is 13.8 Å². The van der Waals surface area contributed by atoms with Crippen LogP contribution in [0, 0.1) is 12.8 Å². The summed E-state index contributed by atoms with van der Waals surface area (Å²) in [5.74, 6) is 0.886. The van der Waals surface area contributed by atoms with Gasteiger partial charge in [-0.3, -0.25) is 4.79 Å². The van der Waals surface area contributed by atoms with Crippen molar-refractivity contribution in [2.24, 2.45) is 5.92 Å². The van der Waals surface area contributed by atoms with Gasteiger partial charge in [0.15, 0.2) is 11.5 Å². The fraction of sp³-hybridized carbons (Fsp3) is 0.429. The van der Waals surface area contributed by atoms with Gasteiger partial charge in [-0.2, -0.15) is 0 Å². The number of carbonyl (C=O) groups excluding carboxylic acids is 1. The van der Waals surface area contributed by atoms with Gasteiger partial charge in [0.1, 0.15) is 11.3 Å². The van der Waals surface area contributed by atoms with Crippen LogP contribution in [-0.4, -0.2) is 11.0 Å². The number of hydrogen-bond donors (Lipinski definition) is 0. The summed E-state index contributed by atoms with van der Waals surface area (Å²) < 4.78 is 10.7. The molecule has 2 aromatic rings. The monoisotopic (exact) mass is 247 g/mol. The van der Waals surface area contributed by atoms with E-state index in [1.54, 1.807) is 25.1 Å². The van der Waals surface area contributed by atoms with Gasteiger partial charge in [-0.15, -0.1) is 0 Å². The highest BCUT2D eigenvalue weighted by atomic mass is 16.5. The maximum atomic E-state index is 11.8. The van der Waals surface area contributed by atoms with Gasteiger partial charge in [0.05, 0.1) is 5.92 Å². The van der Waals surface area contributed by atoms with Gasteiger partial charge in [-0.1, -0.05) is 13.8 Å². The number of aryl methyl sites for hydroxylation is 1. The van der Waals surface area contributed by atoms with Crippen molar-refractivity contribution in [3.05, 3.63) is 24.1 Å². The largest absolute Gasteiger partial charge is 0.441 e. The van der Waals surface area contributed by atoms with Crippen molar-refractivity contribution in [2.75, 3.05) is 0 Å². The molecule has 0 aliphatic carbocycles. The minimum Gasteiger partial charge on any atom is -0.441 e. The fourth-order valence-corrected chi connectivity index (χ4v) is 1.91. The summed E-state index contributed by atoms with van der Waals surface area (Å²) in [6, 6.07) is 5.24. The summed E-state index contributed by atoms with van der Waals surface area (Å²) in [5, 5.41) is 0. The number of carbonyl (C=O) groups is 1. The molecule has 0 saturated heterocycles. The van der Waals surface area contributed by atoms with E-state index in [2.05, 4.69) is 4.98 Å². The number of fused-ring (bicyclic) bond motifs is 1. The van der Waals surface area contributed by atoms with Crippen molar-refractivity contribution in [2.45, 2.75) is 33.6 Å². The number of ether oxygens (including phenoxy) is 1. The average Bonchev–Trinajstić information content (AvgIpc) is 2.70. The Balaban J connectivity index is 2.18. The first-order valence-corrected chi connectivity index (χ1v) is 6.23. The smallest absolute Gasteiger partial charge is 0.314 e. The van der Waals surface area contributed by atoms with Gasteiger partial charge in [0.25, 0.3) is 0 Å². The minimum atomic E-state index is -0.185. The van der Waals surface area contributed by atoms with Crippen LogP contribution in [0.3, 0.4) is 0 Å². The van der Waals surface area contributed by atoms with Crippen molar-refractivity contribution in [1.82, 2.24) is 4.98 Å². The van der Waals surface area contributed by atoms with Crippen LogP contribution in [0.15, 0.2) is 22.6 Å². The van der Waals surface area contributed by atoms with E-state index in [-0.39, 0.29) is 11.9 Å². The number of oxazole rings is 1. The average molecular weight is 247 g/mol. The van der Waals surface area contributed by atoms with Crippen LogP contribution >= 0.6 is 0 Å². The molecule has 4 nitrogen and oxygen atoms in total. The molecule has 0 saturated carbocycles. The molecule has 2 rings (SSSR count). The number of rotatable bonds is 4. The Hall–Kier alpha value is -1.84. The number of esters is 1. The molecule has 18 heavy (non-hydrogen) atoms. The predicted molar refractivity (Wildman–Crippen MR) is 68.5 cm³/mol. The first-order chi connectivity index (χ1) is 8.63. The molecular weight excluding hydrogens is 230 g/mol. The van der Waals surface area contributed by atoms with Crippen LogP contribution in [0.4, 0.5) is 0 Å². The van der Waals surface area contributed by atoms with Gasteiger partial charge < -0.3 is 9.15 Å². The minimum absolute atomic E-state index is 0.0443. The van der Waals surface area contributed by atoms with Crippen LogP contribution < -0.4 is 4.74 Å². The highest BCUT2D eigenvalue weighted by molar-refractivity contribution is 5.78. The van der Waals surface area contributed by atoms with Crippen LogP contribution in [0.2, 0.25) is 0 Å². The third-order valence-electron chi connectivity index (χ3n) is 3.00. The summed E-state index contributed by atoms with van der Waals surface area (Å²) in [6.45, 7) is 5.76. The summed E-state index contributed by atoms with van der Waals surface area (Å²) in [7, 11) is 0. The first kappa shape index (κ1) is 12.6. The van der Waals surface area contributed by atoms with Crippen molar-refractivity contribution in [3.8, 4) is 5.75 Å². The Morgan fingerprint density at radius 2 is 2.11 bits per heavy atom. The molecule has 0 radical (unpaired) electrons. The van der Waals surface area contributed by atoms with E-state index in [0.29, 0.717) is 17.2 Å². The standard InChI is InChI=1S/C14H17NO3/c1-4-10(5-2)14(16)18-11-6-7-12-13(8-11)17-9(3)15-12/h6-8,10H,4-5H2,1-3H3. The lowest BCUT2D eigenvalue weighted by molar-refractivity contribution is -0.139. The molecular formula is C14H17NO3. The zero-order chi connectivity index (χ0) is 13.1. The number of nitrogens with zero attached hydrogens (tertiary/aromatic N) is 1. The second-order valence-corrected chi connectivity index (χ2v) is 4.30. The Kier molecular flexibility index (Phi) is 3.65. The van der Waals surface area contributed by atoms with Crippen LogP contribution in [0.25, 0.3) is 11.1 Å². The number of benzene rings is 1. The molecule has 0 spiro atoms. The van der Waals surface area contributed by atoms with E-state index >= 15 is 0 Å². The second kappa shape index (κ2) is 5.21. The van der Waals surface area contributed by atoms with Gasteiger partial charge in [0, 0.05) is 13.0 Å². The Morgan fingerprint density at radius 3 is 2.78 bits per heavy atom. The summed E-state index contributed by atoms with van der Waals surface area (Å²) in [4.78, 5) is 16.0. The fourth-order valence-electron chi connectivity index (χ4n) is 1.91. The summed E-state index contributed by atoms with van der Waals surface area (Å²) >= 11 is 0. The first-order valence-electron chi connectivity index (χ1n) is 6.23. The van der Waals surface area contributed by atoms with Crippen molar-refractivity contribution in [3.63, 3.8) is 0 Å². The third kappa shape index (κ3) is 2.53. The third-order valence-corrected chi connectivity index (χ3v) is 3.00. The highest BCUT2D eigenvalue weighted by Gasteiger charge is 2.17. The van der Waals surface area contributed by atoms with Crippen molar-refractivity contribution in [1.29, 1.82) is 0 Å². The van der Waals surface area contributed by atoms with Gasteiger partial charge in [-0.05, 0) is 25.0 Å². The lowest BCUT2D eigenvalue weighted by Gasteiger charge is -2.11. The lowest BCUT2D eigenvalue weighted by atomic mass is 10.0. The summed E-state index contributed by atoms with van der Waals surface area (Å²) in [6.07, 6.45) is 1.58. The van der Waals surface area contributed by atoms with E-state index in [1.165, 1.54) is 0 Å². The molecule has 0 N–H and O–H groups in total. The molecule has 1 aromatic heterocycles. The maximum absolute atomic E-state index is 11.8. The Bertz CT molecular complexity index is 555. The highest BCUT2D eigenvalue weighted by Crippen LogP contribution is 2.22. The molecule has 1 aromatic carbocycles. The normalized spacial score (nSPS) is 11.1. The number of aromatic nitrogens is 1. The molecule has 4 heteroatoms. The van der Waals surface area contributed by atoms with E-state index in [0.717, 1.165) is 18.4 Å². The van der Waals surface area contributed by atoms with Crippen LogP contribution in [0.1, 0.15) is 32.6 Å². The van der Waals surface area contributed by atoms with Crippen LogP contribution in [0.5, 0.6) is 5.75 Å². The maximum Gasteiger partial charge on any atom is 0.314 e. The second-order valence-electron chi connectivity index (χ2n) is 4.30. The molecule has 1 heterocycles. The predicted octanol–water partition coefficient (Wildman–Crippen LogP) is 3.48. The van der Waals surface area contributed by atoms with Gasteiger partial charge in [-0.25, -0.2) is 4.98 Å². The topological polar surface area (TPSA) is 52.3 Å². The molecule has 0 unspecified atom stereocenters. The van der Waals surface area contributed by atoms with Gasteiger partial charge >= 0.3 is 5.97 Å². The Morgan fingerprint density at radius 1 is 1.39 bits per heavy atom. The van der Waals surface area contributed by atoms with E-state index in [9.17, 15) is 4.79 Å². The summed E-state index contributed by atoms with van der Waals surface area (Å²) in [5.41, 5.74) is 1.41. The van der Waals surface area contributed by atoms with Crippen molar-refractivity contribution < 1.29 is 13.9 Å². The molecule has 0 atom stereocenters. The molecule has 0 aliphatic rings. The molecule has 0 amide bonds. The molecule has 0 bridgehead atoms. The number of hydrogen-bond acceptors (Lipinski definition) is 4. The quantitative estimate of drug-likeness (QED) is 0.613. The Labute approximate surface area is 106 Å². The molecule has 0 fully saturated rings. The zero-order valence-electron chi connectivity index (χ0n) is 10.9. The van der Waals surface area contributed by atoms with Crippen LogP contribution in [-0.2, 0) is 4.79 Å². The zero-order valence-corrected chi connectivity index (χ0v) is 10.9. The SMILES string of the molecule is CCC(CC)C(=O)Oc1ccc2nc(C)oc2c1. The van der Waals surface area contributed by atoms with Gasteiger partial charge in [0.2, 0.25) is 0 Å². The van der Waals surface area contributed by atoms with E-state index in [4.69, 9.17) is 9.15 Å². The molecule has 0 aliphatic heterocycles. The lowest BCUT2D eigenvalue weighted by Crippen LogP contribution is -2.19. The van der Waals surface area contributed by atoms with Crippen molar-refractivity contribution >= 4 is 17.1 Å².